The molecule has 2 aromatic rings. The fourth-order valence-corrected chi connectivity index (χ4v) is 3.09. The number of carbonyl (C=O) groups excluding carboxylic acids is 1. The van der Waals surface area contributed by atoms with Crippen LogP contribution in [0.4, 0.5) is 5.69 Å². The van der Waals surface area contributed by atoms with E-state index in [4.69, 9.17) is 0 Å². The second kappa shape index (κ2) is 8.26. The molecule has 0 saturated carbocycles. The zero-order valence-corrected chi connectivity index (χ0v) is 14.8. The van der Waals surface area contributed by atoms with E-state index in [0.29, 0.717) is 6.04 Å². The number of nitrogens with zero attached hydrogens (tertiary/aromatic N) is 3. The molecule has 1 saturated heterocycles. The molecule has 3 rings (SSSR count). The van der Waals surface area contributed by atoms with Crippen LogP contribution in [0.25, 0.3) is 11.4 Å². The Balaban J connectivity index is 0.00000208. The van der Waals surface area contributed by atoms with Crippen molar-refractivity contribution in [3.8, 4) is 11.4 Å². The van der Waals surface area contributed by atoms with E-state index in [1.54, 1.807) is 6.33 Å². The molecule has 1 aromatic carbocycles. The molecule has 24 heavy (non-hydrogen) atoms. The fourth-order valence-electron chi connectivity index (χ4n) is 3.09. The zero-order chi connectivity index (χ0) is 16.2. The number of hydrogen-bond acceptors (Lipinski definition) is 4. The van der Waals surface area contributed by atoms with E-state index in [1.807, 2.05) is 35.8 Å². The van der Waals surface area contributed by atoms with Crippen LogP contribution in [-0.2, 0) is 11.3 Å². The van der Waals surface area contributed by atoms with Gasteiger partial charge in [-0.05, 0) is 45.4 Å². The van der Waals surface area contributed by atoms with Crippen LogP contribution in [0, 0.1) is 5.92 Å². The summed E-state index contributed by atoms with van der Waals surface area (Å²) in [6, 6.07) is 8.16. The normalized spacial score (nSPS) is 20.2. The first-order chi connectivity index (χ1) is 11.2. The van der Waals surface area contributed by atoms with E-state index in [2.05, 4.69) is 27.8 Å². The number of anilines is 1. The summed E-state index contributed by atoms with van der Waals surface area (Å²) in [6.45, 7) is 5.85. The molecule has 0 radical (unpaired) electrons. The van der Waals surface area contributed by atoms with Crippen molar-refractivity contribution in [2.75, 3.05) is 11.9 Å². The summed E-state index contributed by atoms with van der Waals surface area (Å²) in [5.74, 6) is 0.929. The lowest BCUT2D eigenvalue weighted by molar-refractivity contribution is -0.120. The lowest BCUT2D eigenvalue weighted by Crippen LogP contribution is -2.40. The minimum atomic E-state index is 0. The van der Waals surface area contributed by atoms with Crippen molar-refractivity contribution in [3.05, 3.63) is 30.6 Å². The van der Waals surface area contributed by atoms with Gasteiger partial charge in [0.25, 0.3) is 0 Å². The summed E-state index contributed by atoms with van der Waals surface area (Å²) in [6.07, 6.45) is 3.46. The van der Waals surface area contributed by atoms with E-state index in [-0.39, 0.29) is 24.2 Å². The summed E-state index contributed by atoms with van der Waals surface area (Å²) in [4.78, 5) is 12.6. The molecule has 1 fully saturated rings. The van der Waals surface area contributed by atoms with Crippen LogP contribution >= 0.6 is 12.4 Å². The predicted molar refractivity (Wildman–Crippen MR) is 97.2 cm³/mol. The molecule has 2 atom stereocenters. The maximum absolute atomic E-state index is 12.6. The Labute approximate surface area is 148 Å². The molecular weight excluding hydrogens is 326 g/mol. The van der Waals surface area contributed by atoms with Gasteiger partial charge < -0.3 is 15.2 Å². The average molecular weight is 350 g/mol. The summed E-state index contributed by atoms with van der Waals surface area (Å²) in [5.41, 5.74) is 1.70. The number of rotatable bonds is 4. The highest BCUT2D eigenvalue weighted by molar-refractivity contribution is 5.96. The standard InChI is InChI=1S/C17H23N5O.ClH/c1-3-22-11-19-21-16(22)14-6-4-5-7-15(14)20-17(23)13-8-9-18-12(2)10-13;/h4-7,11-13,18H,3,8-10H2,1-2H3,(H,20,23);1H/t12-,13-;/m0./s1. The third kappa shape index (κ3) is 3.94. The first-order valence-electron chi connectivity index (χ1n) is 8.20. The molecule has 7 heteroatoms. The van der Waals surface area contributed by atoms with Crippen molar-refractivity contribution in [3.63, 3.8) is 0 Å². The van der Waals surface area contributed by atoms with Crippen molar-refractivity contribution in [1.29, 1.82) is 0 Å². The molecule has 0 spiro atoms. The molecule has 1 aromatic heterocycles. The van der Waals surface area contributed by atoms with E-state index in [0.717, 1.165) is 43.0 Å². The Kier molecular flexibility index (Phi) is 6.34. The predicted octanol–water partition coefficient (Wildman–Crippen LogP) is 2.71. The summed E-state index contributed by atoms with van der Waals surface area (Å²) in [7, 11) is 0. The van der Waals surface area contributed by atoms with Gasteiger partial charge in [-0.1, -0.05) is 12.1 Å². The Morgan fingerprint density at radius 1 is 1.42 bits per heavy atom. The van der Waals surface area contributed by atoms with Crippen LogP contribution < -0.4 is 10.6 Å². The number of nitrogens with one attached hydrogen (secondary N) is 2. The van der Waals surface area contributed by atoms with Gasteiger partial charge in [0, 0.05) is 24.1 Å². The minimum absolute atomic E-state index is 0. The SMILES string of the molecule is CCn1cnnc1-c1ccccc1NC(=O)[C@H]1CCN[C@@H](C)C1.Cl. The number of benzene rings is 1. The second-order valence-electron chi connectivity index (χ2n) is 6.05. The largest absolute Gasteiger partial charge is 0.325 e. The van der Waals surface area contributed by atoms with Crippen LogP contribution in [0.3, 0.4) is 0 Å². The van der Waals surface area contributed by atoms with Crippen molar-refractivity contribution in [2.45, 2.75) is 39.3 Å². The smallest absolute Gasteiger partial charge is 0.227 e. The highest BCUT2D eigenvalue weighted by Gasteiger charge is 2.25. The third-order valence-corrected chi connectivity index (χ3v) is 4.38. The summed E-state index contributed by atoms with van der Waals surface area (Å²) >= 11 is 0. The topological polar surface area (TPSA) is 71.8 Å². The number of piperidine rings is 1. The molecule has 130 valence electrons. The van der Waals surface area contributed by atoms with Crippen LogP contribution in [0.2, 0.25) is 0 Å². The van der Waals surface area contributed by atoms with E-state index in [1.165, 1.54) is 0 Å². The molecule has 1 aliphatic heterocycles. The van der Waals surface area contributed by atoms with Gasteiger partial charge in [0.1, 0.15) is 6.33 Å². The van der Waals surface area contributed by atoms with Gasteiger partial charge in [0.2, 0.25) is 5.91 Å². The fraction of sp³-hybridized carbons (Fsp3) is 0.471. The van der Waals surface area contributed by atoms with Crippen molar-refractivity contribution in [2.24, 2.45) is 5.92 Å². The van der Waals surface area contributed by atoms with E-state index >= 15 is 0 Å². The van der Waals surface area contributed by atoms with Crippen molar-refractivity contribution in [1.82, 2.24) is 20.1 Å². The highest BCUT2D eigenvalue weighted by Crippen LogP contribution is 2.27. The Morgan fingerprint density at radius 3 is 2.96 bits per heavy atom. The van der Waals surface area contributed by atoms with Crippen molar-refractivity contribution < 1.29 is 4.79 Å². The van der Waals surface area contributed by atoms with E-state index < -0.39 is 0 Å². The van der Waals surface area contributed by atoms with Gasteiger partial charge in [0.05, 0.1) is 5.69 Å². The quantitative estimate of drug-likeness (QED) is 0.890. The Hall–Kier alpha value is -1.92. The third-order valence-electron chi connectivity index (χ3n) is 4.38. The Bertz CT molecular complexity index is 687. The van der Waals surface area contributed by atoms with Crippen LogP contribution in [0.15, 0.2) is 30.6 Å². The minimum Gasteiger partial charge on any atom is -0.325 e. The number of para-hydroxylation sites is 1. The molecule has 1 amide bonds. The number of aryl methyl sites for hydroxylation is 1. The van der Waals surface area contributed by atoms with Gasteiger partial charge in [-0.25, -0.2) is 0 Å². The maximum Gasteiger partial charge on any atom is 0.227 e. The molecule has 2 heterocycles. The molecular formula is C17H24ClN5O. The van der Waals surface area contributed by atoms with Crippen molar-refractivity contribution >= 4 is 24.0 Å². The van der Waals surface area contributed by atoms with Gasteiger partial charge in [-0.3, -0.25) is 4.79 Å². The van der Waals surface area contributed by atoms with E-state index in [9.17, 15) is 4.79 Å². The number of carbonyl (C=O) groups is 1. The Morgan fingerprint density at radius 2 is 2.21 bits per heavy atom. The van der Waals surface area contributed by atoms with Crippen LogP contribution in [-0.4, -0.2) is 33.3 Å². The van der Waals surface area contributed by atoms with Gasteiger partial charge >= 0.3 is 0 Å². The first kappa shape index (κ1) is 18.4. The number of aromatic nitrogens is 3. The number of amides is 1. The zero-order valence-electron chi connectivity index (χ0n) is 14.0. The number of hydrogen-bond donors (Lipinski definition) is 2. The molecule has 1 aliphatic rings. The molecule has 0 bridgehead atoms. The van der Waals surface area contributed by atoms with Gasteiger partial charge in [0.15, 0.2) is 5.82 Å². The summed E-state index contributed by atoms with van der Waals surface area (Å²) < 4.78 is 1.97. The van der Waals surface area contributed by atoms with Gasteiger partial charge in [-0.15, -0.1) is 22.6 Å². The lowest BCUT2D eigenvalue weighted by Gasteiger charge is -2.27. The van der Waals surface area contributed by atoms with Crippen LogP contribution in [0.5, 0.6) is 0 Å². The molecule has 6 nitrogen and oxygen atoms in total. The second-order valence-corrected chi connectivity index (χ2v) is 6.05. The highest BCUT2D eigenvalue weighted by atomic mass is 35.5. The van der Waals surface area contributed by atoms with Gasteiger partial charge in [-0.2, -0.15) is 0 Å². The molecule has 0 unspecified atom stereocenters. The monoisotopic (exact) mass is 349 g/mol. The maximum atomic E-state index is 12.6. The average Bonchev–Trinajstić information content (AvgIpc) is 3.04. The first-order valence-corrected chi connectivity index (χ1v) is 8.20. The lowest BCUT2D eigenvalue weighted by atomic mass is 9.92. The summed E-state index contributed by atoms with van der Waals surface area (Å²) in [5, 5.41) is 14.7. The molecule has 0 aliphatic carbocycles. The number of halogens is 1. The molecule has 2 N–H and O–H groups in total. The van der Waals surface area contributed by atoms with Crippen LogP contribution in [0.1, 0.15) is 26.7 Å².